The van der Waals surface area contributed by atoms with Crippen molar-refractivity contribution in [3.63, 3.8) is 0 Å². The Bertz CT molecular complexity index is 1350. The van der Waals surface area contributed by atoms with E-state index < -0.39 is 17.3 Å². The zero-order valence-corrected chi connectivity index (χ0v) is 23.9. The predicted molar refractivity (Wildman–Crippen MR) is 154 cm³/mol. The van der Waals surface area contributed by atoms with E-state index in [2.05, 4.69) is 16.8 Å². The lowest BCUT2D eigenvalue weighted by molar-refractivity contribution is -0.135. The second kappa shape index (κ2) is 11.6. The Morgan fingerprint density at radius 2 is 1.65 bits per heavy atom. The van der Waals surface area contributed by atoms with Gasteiger partial charge in [0.05, 0.1) is 11.1 Å². The number of hydrogen-bond donors (Lipinski definition) is 0. The fourth-order valence-electron chi connectivity index (χ4n) is 5.78. The molecule has 0 bridgehead atoms. The molecule has 0 N–H and O–H groups in total. The summed E-state index contributed by atoms with van der Waals surface area (Å²) >= 11 is 12.1. The van der Waals surface area contributed by atoms with Gasteiger partial charge in [-0.05, 0) is 66.9 Å². The molecular formula is C30H31Cl2FN4O3. The number of likely N-dealkylation sites (tertiary alicyclic amines) is 1. The Balaban J connectivity index is 1.32. The number of hydrogen-bond acceptors (Lipinski definition) is 5. The lowest BCUT2D eigenvalue weighted by atomic mass is 9.77. The van der Waals surface area contributed by atoms with Crippen molar-refractivity contribution in [2.24, 2.45) is 5.92 Å². The summed E-state index contributed by atoms with van der Waals surface area (Å²) in [6, 6.07) is 16.2. The molecule has 3 heterocycles. The second-order valence-corrected chi connectivity index (χ2v) is 11.6. The first kappa shape index (κ1) is 28.2. The van der Waals surface area contributed by atoms with Crippen LogP contribution in [-0.2, 0) is 10.2 Å². The predicted octanol–water partition coefficient (Wildman–Crippen LogP) is 6.04. The van der Waals surface area contributed by atoms with Crippen LogP contribution in [-0.4, -0.2) is 66.1 Å². The molecule has 2 aliphatic rings. The maximum Gasteiger partial charge on any atom is 0.415 e. The normalized spacial score (nSPS) is 21.4. The first-order valence-corrected chi connectivity index (χ1v) is 14.0. The number of pyridine rings is 1. The number of nitrogens with zero attached hydrogens (tertiary/aromatic N) is 4. The summed E-state index contributed by atoms with van der Waals surface area (Å²) < 4.78 is 18.9. The van der Waals surface area contributed by atoms with Gasteiger partial charge in [0.15, 0.2) is 0 Å². The molecule has 7 nitrogen and oxygen atoms in total. The SMILES string of the molecule is CN(C(=O)Oc1ccc(F)cc1)[C@@H]1CN(C(=O)C2CCN(c3ccc(Cl)cn3)CC2)C[C@@]1(C)c1ccc(Cl)cc1. The lowest BCUT2D eigenvalue weighted by Gasteiger charge is -2.36. The topological polar surface area (TPSA) is 66.0 Å². The summed E-state index contributed by atoms with van der Waals surface area (Å²) in [5, 5.41) is 1.20. The third-order valence-corrected chi connectivity index (χ3v) is 8.59. The van der Waals surface area contributed by atoms with Crippen molar-refractivity contribution in [1.29, 1.82) is 0 Å². The molecule has 0 radical (unpaired) electrons. The Kier molecular flexibility index (Phi) is 8.19. The van der Waals surface area contributed by atoms with Gasteiger partial charge < -0.3 is 19.4 Å². The van der Waals surface area contributed by atoms with E-state index in [4.69, 9.17) is 27.9 Å². The number of amides is 2. The van der Waals surface area contributed by atoms with E-state index in [9.17, 15) is 14.0 Å². The maximum absolute atomic E-state index is 13.8. The first-order valence-electron chi connectivity index (χ1n) is 13.3. The largest absolute Gasteiger partial charge is 0.415 e. The van der Waals surface area contributed by atoms with Gasteiger partial charge in [0.25, 0.3) is 0 Å². The van der Waals surface area contributed by atoms with Crippen molar-refractivity contribution < 1.29 is 18.7 Å². The van der Waals surface area contributed by atoms with E-state index in [0.717, 1.165) is 24.5 Å². The van der Waals surface area contributed by atoms with Gasteiger partial charge in [-0.2, -0.15) is 0 Å². The molecule has 5 rings (SSSR count). The molecule has 2 fully saturated rings. The summed E-state index contributed by atoms with van der Waals surface area (Å²) in [5.41, 5.74) is 0.410. The average molecular weight is 586 g/mol. The highest BCUT2D eigenvalue weighted by atomic mass is 35.5. The molecule has 0 saturated carbocycles. The standard InChI is InChI=1S/C30H31Cl2FN4O3/c1-30(21-3-5-22(31)6-4-21)19-37(18-26(30)35(2)29(39)40-25-10-8-24(33)9-11-25)28(38)20-13-15-36(16-14-20)27-12-7-23(32)17-34-27/h3-12,17,20,26H,13-16,18-19H2,1-2H3/t26-,30+/m1/s1. The quantitative estimate of drug-likeness (QED) is 0.365. The maximum atomic E-state index is 13.8. The molecule has 2 amide bonds. The van der Waals surface area contributed by atoms with Gasteiger partial charge in [-0.3, -0.25) is 4.79 Å². The van der Waals surface area contributed by atoms with Crippen molar-refractivity contribution in [1.82, 2.24) is 14.8 Å². The minimum Gasteiger partial charge on any atom is -0.410 e. The number of carbonyl (C=O) groups excluding carboxylic acids is 2. The van der Waals surface area contributed by atoms with Gasteiger partial charge in [0.2, 0.25) is 5.91 Å². The van der Waals surface area contributed by atoms with E-state index in [-0.39, 0.29) is 23.6 Å². The highest BCUT2D eigenvalue weighted by Crippen LogP contribution is 2.39. The van der Waals surface area contributed by atoms with Crippen LogP contribution in [0.25, 0.3) is 0 Å². The van der Waals surface area contributed by atoms with Crippen LogP contribution in [0.3, 0.4) is 0 Å². The van der Waals surface area contributed by atoms with Gasteiger partial charge in [-0.25, -0.2) is 14.2 Å². The summed E-state index contributed by atoms with van der Waals surface area (Å²) in [5.74, 6) is 0.663. The first-order chi connectivity index (χ1) is 19.1. The van der Waals surface area contributed by atoms with Crippen LogP contribution in [0, 0.1) is 11.7 Å². The van der Waals surface area contributed by atoms with Crippen molar-refractivity contribution in [3.05, 3.63) is 88.3 Å². The van der Waals surface area contributed by atoms with Crippen LogP contribution in [0.15, 0.2) is 66.9 Å². The fourth-order valence-corrected chi connectivity index (χ4v) is 6.02. The number of rotatable bonds is 5. The minimum absolute atomic E-state index is 0.0895. The van der Waals surface area contributed by atoms with Crippen LogP contribution < -0.4 is 9.64 Å². The van der Waals surface area contributed by atoms with Crippen LogP contribution in [0.1, 0.15) is 25.3 Å². The summed E-state index contributed by atoms with van der Waals surface area (Å²) in [4.78, 5) is 37.0. The number of aromatic nitrogens is 1. The Morgan fingerprint density at radius 1 is 1.00 bits per heavy atom. The van der Waals surface area contributed by atoms with E-state index in [1.165, 1.54) is 24.3 Å². The van der Waals surface area contributed by atoms with Gasteiger partial charge in [0.1, 0.15) is 17.4 Å². The molecule has 0 unspecified atom stereocenters. The average Bonchev–Trinajstić information content (AvgIpc) is 3.32. The molecule has 40 heavy (non-hydrogen) atoms. The number of likely N-dealkylation sites (N-methyl/N-ethyl adjacent to an activating group) is 1. The molecule has 2 aliphatic heterocycles. The molecule has 10 heteroatoms. The smallest absolute Gasteiger partial charge is 0.410 e. The molecule has 1 aromatic heterocycles. The van der Waals surface area contributed by atoms with Crippen molar-refractivity contribution in [2.45, 2.75) is 31.2 Å². The number of anilines is 1. The van der Waals surface area contributed by atoms with E-state index >= 15 is 0 Å². The molecule has 2 aromatic carbocycles. The third kappa shape index (κ3) is 5.88. The highest BCUT2D eigenvalue weighted by Gasteiger charge is 2.50. The van der Waals surface area contributed by atoms with Gasteiger partial charge in [-0.1, -0.05) is 42.3 Å². The van der Waals surface area contributed by atoms with E-state index in [1.54, 1.807) is 18.1 Å². The van der Waals surface area contributed by atoms with Crippen molar-refractivity contribution in [2.75, 3.05) is 38.1 Å². The van der Waals surface area contributed by atoms with Crippen molar-refractivity contribution in [3.8, 4) is 5.75 Å². The highest BCUT2D eigenvalue weighted by molar-refractivity contribution is 6.30. The van der Waals surface area contributed by atoms with E-state index in [1.807, 2.05) is 41.3 Å². The monoisotopic (exact) mass is 584 g/mol. The third-order valence-electron chi connectivity index (χ3n) is 8.12. The second-order valence-electron chi connectivity index (χ2n) is 10.7. The summed E-state index contributed by atoms with van der Waals surface area (Å²) in [6.45, 7) is 4.32. The van der Waals surface area contributed by atoms with Crippen LogP contribution in [0.5, 0.6) is 5.75 Å². The number of carbonyl (C=O) groups is 2. The number of piperidine rings is 1. The van der Waals surface area contributed by atoms with Gasteiger partial charge >= 0.3 is 6.09 Å². The summed E-state index contributed by atoms with van der Waals surface area (Å²) in [6.07, 6.45) is 2.48. The number of halogens is 3. The Hall–Kier alpha value is -3.36. The number of benzene rings is 2. The van der Waals surface area contributed by atoms with Gasteiger partial charge in [0, 0.05) is 55.8 Å². The molecule has 2 saturated heterocycles. The lowest BCUT2D eigenvalue weighted by Crippen LogP contribution is -2.50. The number of ether oxygens (including phenoxy) is 1. The van der Waals surface area contributed by atoms with Crippen molar-refractivity contribution >= 4 is 41.0 Å². The molecule has 3 aromatic rings. The fraction of sp³-hybridized carbons (Fsp3) is 0.367. The Morgan fingerprint density at radius 3 is 2.27 bits per heavy atom. The zero-order valence-electron chi connectivity index (χ0n) is 22.4. The summed E-state index contributed by atoms with van der Waals surface area (Å²) in [7, 11) is 1.68. The van der Waals surface area contributed by atoms with Crippen LogP contribution >= 0.6 is 23.2 Å². The molecule has 210 valence electrons. The van der Waals surface area contributed by atoms with Gasteiger partial charge in [-0.15, -0.1) is 0 Å². The zero-order chi connectivity index (χ0) is 28.4. The minimum atomic E-state index is -0.574. The molecular weight excluding hydrogens is 554 g/mol. The van der Waals surface area contributed by atoms with Crippen LogP contribution in [0.2, 0.25) is 10.0 Å². The molecule has 0 spiro atoms. The van der Waals surface area contributed by atoms with Crippen LogP contribution in [0.4, 0.5) is 15.0 Å². The Labute approximate surface area is 243 Å². The molecule has 2 atom stereocenters. The van der Waals surface area contributed by atoms with E-state index in [0.29, 0.717) is 36.0 Å². The molecule has 0 aliphatic carbocycles.